The van der Waals surface area contributed by atoms with Gasteiger partial charge in [-0.25, -0.2) is 4.79 Å². The Bertz CT molecular complexity index is 753. The Hall–Kier alpha value is -2.76. The van der Waals surface area contributed by atoms with Crippen LogP contribution in [0.15, 0.2) is 48.7 Å². The largest absolute Gasteiger partial charge is 0.353 e. The first-order valence-corrected chi connectivity index (χ1v) is 9.19. The molecule has 0 aliphatic heterocycles. The van der Waals surface area contributed by atoms with E-state index in [1.807, 2.05) is 79.0 Å². The maximum atomic E-state index is 13.1. The van der Waals surface area contributed by atoms with Crippen molar-refractivity contribution in [1.82, 2.24) is 19.3 Å². The maximum absolute atomic E-state index is 13.1. The third-order valence-corrected chi connectivity index (χ3v) is 4.53. The summed E-state index contributed by atoms with van der Waals surface area (Å²) in [6, 6.07) is 13.7. The molecule has 0 bridgehead atoms. The summed E-state index contributed by atoms with van der Waals surface area (Å²) in [5.41, 5.74) is 2.12. The van der Waals surface area contributed by atoms with Gasteiger partial charge >= 0.3 is 6.03 Å². The monoisotopic (exact) mass is 370 g/mol. The zero-order valence-electron chi connectivity index (χ0n) is 16.9. The SMILES string of the molecule is CC(C)N(CC(=O)N(Cc1ccccc1)Cc1cccn1C)C(=O)N(C)C. The van der Waals surface area contributed by atoms with Crippen molar-refractivity contribution in [3.05, 3.63) is 59.9 Å². The van der Waals surface area contributed by atoms with Gasteiger partial charge in [0, 0.05) is 45.6 Å². The Balaban J connectivity index is 2.21. The zero-order chi connectivity index (χ0) is 20.0. The number of hydrogen-bond acceptors (Lipinski definition) is 2. The summed E-state index contributed by atoms with van der Waals surface area (Å²) >= 11 is 0. The molecular formula is C21H30N4O2. The Kier molecular flexibility index (Phi) is 7.05. The average Bonchev–Trinajstić information content (AvgIpc) is 3.03. The predicted octanol–water partition coefficient (Wildman–Crippen LogP) is 2.95. The highest BCUT2D eigenvalue weighted by atomic mass is 16.2. The second-order valence-corrected chi connectivity index (χ2v) is 7.24. The molecular weight excluding hydrogens is 340 g/mol. The van der Waals surface area contributed by atoms with Gasteiger partial charge in [-0.1, -0.05) is 30.3 Å². The van der Waals surface area contributed by atoms with Crippen LogP contribution in [0.3, 0.4) is 0 Å². The number of rotatable bonds is 7. The first-order valence-electron chi connectivity index (χ1n) is 9.19. The minimum atomic E-state index is -0.156. The zero-order valence-corrected chi connectivity index (χ0v) is 16.9. The fourth-order valence-electron chi connectivity index (χ4n) is 2.87. The van der Waals surface area contributed by atoms with E-state index in [2.05, 4.69) is 0 Å². The fourth-order valence-corrected chi connectivity index (χ4v) is 2.87. The molecule has 3 amide bonds. The smallest absolute Gasteiger partial charge is 0.320 e. The molecule has 0 fully saturated rings. The van der Waals surface area contributed by atoms with Crippen molar-refractivity contribution in [2.45, 2.75) is 33.0 Å². The summed E-state index contributed by atoms with van der Waals surface area (Å²) in [6.45, 7) is 4.92. The van der Waals surface area contributed by atoms with Crippen LogP contribution in [0, 0.1) is 0 Å². The van der Waals surface area contributed by atoms with E-state index in [1.54, 1.807) is 19.0 Å². The molecule has 2 rings (SSSR count). The van der Waals surface area contributed by atoms with Crippen molar-refractivity contribution >= 4 is 11.9 Å². The van der Waals surface area contributed by atoms with Crippen molar-refractivity contribution < 1.29 is 9.59 Å². The van der Waals surface area contributed by atoms with Crippen molar-refractivity contribution in [3.8, 4) is 0 Å². The number of carbonyl (C=O) groups is 2. The second-order valence-electron chi connectivity index (χ2n) is 7.24. The third kappa shape index (κ3) is 5.61. The van der Waals surface area contributed by atoms with Crippen LogP contribution in [0.2, 0.25) is 0 Å². The Morgan fingerprint density at radius 2 is 1.67 bits per heavy atom. The van der Waals surface area contributed by atoms with Gasteiger partial charge in [0.2, 0.25) is 5.91 Å². The third-order valence-electron chi connectivity index (χ3n) is 4.53. The lowest BCUT2D eigenvalue weighted by molar-refractivity contribution is -0.133. The number of carbonyl (C=O) groups excluding carboxylic acids is 2. The minimum absolute atomic E-state index is 0.0579. The van der Waals surface area contributed by atoms with E-state index in [9.17, 15) is 9.59 Å². The molecule has 2 aromatic rings. The highest BCUT2D eigenvalue weighted by Crippen LogP contribution is 2.13. The van der Waals surface area contributed by atoms with Gasteiger partial charge in [-0.2, -0.15) is 0 Å². The molecule has 0 aliphatic carbocycles. The van der Waals surface area contributed by atoms with Gasteiger partial charge in [0.05, 0.1) is 6.54 Å². The van der Waals surface area contributed by atoms with Crippen molar-refractivity contribution in [2.24, 2.45) is 7.05 Å². The van der Waals surface area contributed by atoms with Gasteiger partial charge in [0.25, 0.3) is 0 Å². The quantitative estimate of drug-likeness (QED) is 0.752. The maximum Gasteiger partial charge on any atom is 0.320 e. The van der Waals surface area contributed by atoms with E-state index in [-0.39, 0.29) is 24.5 Å². The van der Waals surface area contributed by atoms with Gasteiger partial charge in [0.15, 0.2) is 0 Å². The topological polar surface area (TPSA) is 48.8 Å². The summed E-state index contributed by atoms with van der Waals surface area (Å²) in [4.78, 5) is 30.5. The van der Waals surface area contributed by atoms with Crippen LogP contribution in [-0.2, 0) is 24.9 Å². The Morgan fingerprint density at radius 1 is 1.00 bits per heavy atom. The summed E-state index contributed by atoms with van der Waals surface area (Å²) in [7, 11) is 5.37. The first-order chi connectivity index (χ1) is 12.8. The number of benzene rings is 1. The van der Waals surface area contributed by atoms with Gasteiger partial charge in [-0.05, 0) is 31.5 Å². The Labute approximate surface area is 162 Å². The number of aryl methyl sites for hydroxylation is 1. The highest BCUT2D eigenvalue weighted by molar-refractivity contribution is 5.84. The molecule has 0 saturated heterocycles. The number of amides is 3. The molecule has 0 spiro atoms. The second kappa shape index (κ2) is 9.26. The lowest BCUT2D eigenvalue weighted by Crippen LogP contribution is -2.49. The molecule has 0 unspecified atom stereocenters. The lowest BCUT2D eigenvalue weighted by atomic mass is 10.2. The lowest BCUT2D eigenvalue weighted by Gasteiger charge is -2.32. The van der Waals surface area contributed by atoms with E-state index < -0.39 is 0 Å². The van der Waals surface area contributed by atoms with Crippen molar-refractivity contribution in [2.75, 3.05) is 20.6 Å². The predicted molar refractivity (Wildman–Crippen MR) is 107 cm³/mol. The van der Waals surface area contributed by atoms with E-state index >= 15 is 0 Å². The van der Waals surface area contributed by atoms with Crippen LogP contribution in [-0.4, -0.2) is 57.9 Å². The summed E-state index contributed by atoms with van der Waals surface area (Å²) in [5.74, 6) is -0.0658. The molecule has 6 nitrogen and oxygen atoms in total. The van der Waals surface area contributed by atoms with Crippen LogP contribution >= 0.6 is 0 Å². The normalized spacial score (nSPS) is 10.7. The number of aromatic nitrogens is 1. The van der Waals surface area contributed by atoms with E-state index in [0.717, 1.165) is 11.3 Å². The van der Waals surface area contributed by atoms with Crippen LogP contribution in [0.25, 0.3) is 0 Å². The standard InChI is InChI=1S/C21H30N4O2/c1-17(2)25(21(27)22(3)4)16-20(26)24(14-18-10-7-6-8-11-18)15-19-12-9-13-23(19)5/h6-13,17H,14-16H2,1-5H3. The van der Waals surface area contributed by atoms with Crippen LogP contribution < -0.4 is 0 Å². The van der Waals surface area contributed by atoms with Gasteiger partial charge < -0.3 is 19.3 Å². The Morgan fingerprint density at radius 3 is 2.19 bits per heavy atom. The minimum Gasteiger partial charge on any atom is -0.353 e. The van der Waals surface area contributed by atoms with Crippen molar-refractivity contribution in [3.63, 3.8) is 0 Å². The van der Waals surface area contributed by atoms with E-state index in [4.69, 9.17) is 0 Å². The fraction of sp³-hybridized carbons (Fsp3) is 0.429. The molecule has 0 N–H and O–H groups in total. The van der Waals surface area contributed by atoms with Gasteiger partial charge in [-0.15, -0.1) is 0 Å². The van der Waals surface area contributed by atoms with Crippen LogP contribution in [0.4, 0.5) is 4.79 Å². The molecule has 0 saturated carbocycles. The van der Waals surface area contributed by atoms with Crippen LogP contribution in [0.5, 0.6) is 0 Å². The van der Waals surface area contributed by atoms with E-state index in [1.165, 1.54) is 4.90 Å². The first kappa shape index (κ1) is 20.6. The summed E-state index contributed by atoms with van der Waals surface area (Å²) in [6.07, 6.45) is 1.97. The molecule has 27 heavy (non-hydrogen) atoms. The van der Waals surface area contributed by atoms with Gasteiger partial charge in [-0.3, -0.25) is 4.79 Å². The molecule has 0 aliphatic rings. The molecule has 6 heteroatoms. The van der Waals surface area contributed by atoms with E-state index in [0.29, 0.717) is 13.1 Å². The molecule has 1 aromatic carbocycles. The highest BCUT2D eigenvalue weighted by Gasteiger charge is 2.25. The molecule has 0 radical (unpaired) electrons. The number of urea groups is 1. The van der Waals surface area contributed by atoms with Crippen molar-refractivity contribution in [1.29, 1.82) is 0 Å². The molecule has 1 heterocycles. The molecule has 146 valence electrons. The van der Waals surface area contributed by atoms with Gasteiger partial charge in [0.1, 0.15) is 6.54 Å². The summed E-state index contributed by atoms with van der Waals surface area (Å²) < 4.78 is 2.01. The molecule has 0 atom stereocenters. The number of hydrogen-bond donors (Lipinski definition) is 0. The average molecular weight is 370 g/mol. The summed E-state index contributed by atoms with van der Waals surface area (Å²) in [5, 5.41) is 0. The number of nitrogens with zero attached hydrogens (tertiary/aromatic N) is 4. The van der Waals surface area contributed by atoms with Crippen LogP contribution in [0.1, 0.15) is 25.1 Å². The molecule has 1 aromatic heterocycles.